The van der Waals surface area contributed by atoms with Crippen molar-refractivity contribution in [2.45, 2.75) is 25.4 Å². The van der Waals surface area contributed by atoms with Crippen molar-refractivity contribution < 1.29 is 13.9 Å². The molecule has 206 valence electrons. The molecular weight excluding hydrogens is 523 g/mol. The molecule has 1 aliphatic heterocycles. The van der Waals surface area contributed by atoms with Gasteiger partial charge in [0.05, 0.1) is 32.0 Å². The largest absolute Gasteiger partial charge is 0.496 e. The molecule has 3 aromatic heterocycles. The van der Waals surface area contributed by atoms with Crippen molar-refractivity contribution in [1.82, 2.24) is 24.7 Å². The molecule has 0 amide bonds. The van der Waals surface area contributed by atoms with E-state index < -0.39 is 5.82 Å². The number of methoxy groups -OCH3 is 2. The van der Waals surface area contributed by atoms with Crippen molar-refractivity contribution in [3.8, 4) is 28.3 Å². The molecule has 0 radical (unpaired) electrons. The lowest BCUT2D eigenvalue weighted by Crippen LogP contribution is -2.43. The van der Waals surface area contributed by atoms with Gasteiger partial charge in [0.25, 0.3) is 0 Å². The number of halogens is 2. The van der Waals surface area contributed by atoms with Gasteiger partial charge in [0.1, 0.15) is 23.2 Å². The fraction of sp³-hybridized carbons (Fsp3) is 0.333. The van der Waals surface area contributed by atoms with Gasteiger partial charge in [-0.25, -0.2) is 19.3 Å². The molecule has 1 aliphatic rings. The van der Waals surface area contributed by atoms with E-state index in [4.69, 9.17) is 15.2 Å². The second-order valence-electron chi connectivity index (χ2n) is 9.13. The first kappa shape index (κ1) is 28.2. The van der Waals surface area contributed by atoms with Crippen molar-refractivity contribution in [3.05, 3.63) is 60.9 Å². The van der Waals surface area contributed by atoms with Gasteiger partial charge in [0.2, 0.25) is 0 Å². The third-order valence-corrected chi connectivity index (χ3v) is 6.48. The van der Waals surface area contributed by atoms with Crippen LogP contribution in [0.5, 0.6) is 5.75 Å². The average molecular weight is 555 g/mol. The smallest absolute Gasteiger partial charge is 0.168 e. The van der Waals surface area contributed by atoms with Crippen LogP contribution in [0, 0.1) is 5.82 Å². The number of nitrogens with zero attached hydrogens (tertiary/aromatic N) is 6. The molecule has 12 heteroatoms. The van der Waals surface area contributed by atoms with Crippen LogP contribution in [-0.2, 0) is 11.3 Å². The van der Waals surface area contributed by atoms with E-state index in [0.29, 0.717) is 30.5 Å². The Morgan fingerprint density at radius 2 is 2.03 bits per heavy atom. The predicted molar refractivity (Wildman–Crippen MR) is 151 cm³/mol. The summed E-state index contributed by atoms with van der Waals surface area (Å²) in [6, 6.07) is 8.42. The zero-order valence-electron chi connectivity index (χ0n) is 21.9. The van der Waals surface area contributed by atoms with Crippen LogP contribution in [-0.4, -0.2) is 64.7 Å². The summed E-state index contributed by atoms with van der Waals surface area (Å²) in [5.74, 6) is 1.19. The fourth-order valence-electron chi connectivity index (χ4n) is 4.61. The Hall–Kier alpha value is -3.80. The lowest BCUT2D eigenvalue weighted by Gasteiger charge is -2.34. The Bertz CT molecular complexity index is 1400. The van der Waals surface area contributed by atoms with Gasteiger partial charge in [-0.05, 0) is 31.0 Å². The van der Waals surface area contributed by atoms with Gasteiger partial charge in [-0.3, -0.25) is 4.68 Å². The maximum absolute atomic E-state index is 14.6. The predicted octanol–water partition coefficient (Wildman–Crippen LogP) is 4.29. The first-order chi connectivity index (χ1) is 18.6. The van der Waals surface area contributed by atoms with E-state index in [1.54, 1.807) is 31.5 Å². The summed E-state index contributed by atoms with van der Waals surface area (Å²) in [4.78, 5) is 15.7. The molecule has 0 unspecified atom stereocenters. The summed E-state index contributed by atoms with van der Waals surface area (Å²) in [6.07, 6.45) is 9.25. The summed E-state index contributed by atoms with van der Waals surface area (Å²) < 4.78 is 27.0. The lowest BCUT2D eigenvalue weighted by atomic mass is 10.0. The van der Waals surface area contributed by atoms with Crippen molar-refractivity contribution in [2.75, 3.05) is 44.1 Å². The van der Waals surface area contributed by atoms with Crippen molar-refractivity contribution in [3.63, 3.8) is 0 Å². The monoisotopic (exact) mass is 554 g/mol. The number of pyridine rings is 1. The van der Waals surface area contributed by atoms with E-state index in [9.17, 15) is 4.39 Å². The molecule has 1 atom stereocenters. The minimum absolute atomic E-state index is 0. The van der Waals surface area contributed by atoms with Gasteiger partial charge in [0.15, 0.2) is 5.82 Å². The molecule has 0 saturated carbocycles. The van der Waals surface area contributed by atoms with Crippen LogP contribution in [0.1, 0.15) is 12.8 Å². The Morgan fingerprint density at radius 1 is 1.15 bits per heavy atom. The van der Waals surface area contributed by atoms with E-state index in [1.165, 1.54) is 13.2 Å². The van der Waals surface area contributed by atoms with Crippen LogP contribution in [0.4, 0.5) is 21.7 Å². The number of benzene rings is 1. The third-order valence-electron chi connectivity index (χ3n) is 6.48. The average Bonchev–Trinajstić information content (AvgIpc) is 3.40. The normalized spacial score (nSPS) is 15.1. The second-order valence-corrected chi connectivity index (χ2v) is 9.13. The molecular formula is C27H32ClFN8O2. The molecule has 1 fully saturated rings. The first-order valence-electron chi connectivity index (χ1n) is 12.5. The van der Waals surface area contributed by atoms with E-state index in [2.05, 4.69) is 30.3 Å². The molecule has 10 nitrogen and oxygen atoms in total. The highest BCUT2D eigenvalue weighted by Crippen LogP contribution is 2.35. The molecule has 5 rings (SSSR count). The number of ether oxygens (including phenoxy) is 2. The first-order valence-corrected chi connectivity index (χ1v) is 12.5. The quantitative estimate of drug-likeness (QED) is 0.312. The van der Waals surface area contributed by atoms with Crippen LogP contribution in [0.2, 0.25) is 0 Å². The summed E-state index contributed by atoms with van der Waals surface area (Å²) in [5.41, 5.74) is 9.46. The Morgan fingerprint density at radius 3 is 2.82 bits per heavy atom. The Labute approximate surface area is 232 Å². The maximum Gasteiger partial charge on any atom is 0.168 e. The number of hydrogen-bond donors (Lipinski definition) is 2. The third kappa shape index (κ3) is 6.44. The summed E-state index contributed by atoms with van der Waals surface area (Å²) >= 11 is 0. The minimum atomic E-state index is -0.459. The SMILES string of the molecule is COCCn1cc(-c2cnc(Nc3ccnc(-c4c(F)cccc4OC)n3)cc2N2CCC[C@H](N)C2)cn1.Cl. The van der Waals surface area contributed by atoms with Gasteiger partial charge >= 0.3 is 0 Å². The number of aromatic nitrogens is 5. The number of hydrogen-bond acceptors (Lipinski definition) is 9. The molecule has 4 aromatic rings. The molecule has 0 aliphatic carbocycles. The van der Waals surface area contributed by atoms with Crippen LogP contribution in [0.25, 0.3) is 22.5 Å². The molecule has 1 saturated heterocycles. The molecule has 1 aromatic carbocycles. The summed E-state index contributed by atoms with van der Waals surface area (Å²) in [5, 5.41) is 7.73. The zero-order valence-corrected chi connectivity index (χ0v) is 22.7. The highest BCUT2D eigenvalue weighted by molar-refractivity contribution is 5.85. The zero-order chi connectivity index (χ0) is 26.5. The van der Waals surface area contributed by atoms with Crippen LogP contribution >= 0.6 is 12.4 Å². The Balaban J connectivity index is 0.00000353. The molecule has 4 heterocycles. The number of anilines is 3. The van der Waals surface area contributed by atoms with E-state index in [0.717, 1.165) is 42.7 Å². The Kier molecular flexibility index (Phi) is 9.28. The molecule has 3 N–H and O–H groups in total. The lowest BCUT2D eigenvalue weighted by molar-refractivity contribution is 0.183. The fourth-order valence-corrected chi connectivity index (χ4v) is 4.61. The topological polar surface area (TPSA) is 116 Å². The highest BCUT2D eigenvalue weighted by Gasteiger charge is 2.22. The second kappa shape index (κ2) is 12.8. The van der Waals surface area contributed by atoms with Crippen molar-refractivity contribution >= 4 is 29.7 Å². The molecule has 39 heavy (non-hydrogen) atoms. The number of nitrogens with one attached hydrogen (secondary N) is 1. The highest BCUT2D eigenvalue weighted by atomic mass is 35.5. The van der Waals surface area contributed by atoms with Crippen LogP contribution in [0.3, 0.4) is 0 Å². The molecule has 0 bridgehead atoms. The van der Waals surface area contributed by atoms with Crippen LogP contribution < -0.4 is 20.7 Å². The number of piperidine rings is 1. The summed E-state index contributed by atoms with van der Waals surface area (Å²) in [7, 11) is 3.16. The van der Waals surface area contributed by atoms with Gasteiger partial charge in [-0.15, -0.1) is 12.4 Å². The molecule has 0 spiro atoms. The van der Waals surface area contributed by atoms with Gasteiger partial charge in [0, 0.05) is 67.7 Å². The van der Waals surface area contributed by atoms with Crippen LogP contribution in [0.15, 0.2) is 55.1 Å². The number of rotatable bonds is 9. The van der Waals surface area contributed by atoms with E-state index in [1.807, 2.05) is 29.3 Å². The van der Waals surface area contributed by atoms with E-state index >= 15 is 0 Å². The summed E-state index contributed by atoms with van der Waals surface area (Å²) in [6.45, 7) is 2.89. The minimum Gasteiger partial charge on any atom is -0.496 e. The van der Waals surface area contributed by atoms with E-state index in [-0.39, 0.29) is 29.8 Å². The van der Waals surface area contributed by atoms with Crippen molar-refractivity contribution in [1.29, 1.82) is 0 Å². The van der Waals surface area contributed by atoms with Gasteiger partial charge < -0.3 is 25.4 Å². The van der Waals surface area contributed by atoms with Crippen molar-refractivity contribution in [2.24, 2.45) is 5.73 Å². The van der Waals surface area contributed by atoms with Gasteiger partial charge in [-0.2, -0.15) is 5.10 Å². The van der Waals surface area contributed by atoms with Gasteiger partial charge in [-0.1, -0.05) is 6.07 Å². The standard InChI is InChI=1S/C27H31FN8O2.ClH/c1-37-12-11-36-16-18(14-32-36)20-15-31-25(13-22(20)35-10-4-5-19(29)17-35)33-24-8-9-30-27(34-24)26-21(28)6-3-7-23(26)38-2;/h3,6-9,13-16,19H,4-5,10-12,17,29H2,1-2H3,(H,30,31,33,34);1H/t19-;/m0./s1. The number of nitrogens with two attached hydrogens (primary N) is 1. The maximum atomic E-state index is 14.6.